The van der Waals surface area contributed by atoms with E-state index in [0.29, 0.717) is 5.06 Å². The average Bonchev–Trinajstić information content (AvgIpc) is 1.36. The predicted molar refractivity (Wildman–Crippen MR) is 21.5 cm³/mol. The number of guanidine groups is 1. The standard InChI is InChI=1S/C2H7N3O/c1-5(6)2(3)4/h6H,1H3,(H3,3,4). The molecule has 0 amide bonds. The number of hydrogen-bond donors (Lipinski definition) is 3. The Morgan fingerprint density at radius 2 is 2.17 bits per heavy atom. The lowest BCUT2D eigenvalue weighted by atomic mass is 11.0. The molecule has 0 spiro atoms. The molecule has 0 aliphatic heterocycles. The first-order valence-corrected chi connectivity index (χ1v) is 1.41. The van der Waals surface area contributed by atoms with Gasteiger partial charge in [-0.15, -0.1) is 0 Å². The third-order valence-electron chi connectivity index (χ3n) is 0.349. The van der Waals surface area contributed by atoms with Gasteiger partial charge >= 0.3 is 0 Å². The van der Waals surface area contributed by atoms with Crippen LogP contribution >= 0.6 is 0 Å². The van der Waals surface area contributed by atoms with E-state index < -0.39 is 0 Å². The summed E-state index contributed by atoms with van der Waals surface area (Å²) >= 11 is 0. The van der Waals surface area contributed by atoms with Gasteiger partial charge in [0.25, 0.3) is 0 Å². The SMILES string of the molecule is CN(O)C(=N)N. The largest absolute Gasteiger partial charge is 0.368 e. The van der Waals surface area contributed by atoms with E-state index in [9.17, 15) is 0 Å². The molecular weight excluding hydrogens is 82.0 g/mol. The first-order valence-electron chi connectivity index (χ1n) is 1.41. The molecule has 6 heavy (non-hydrogen) atoms. The second-order valence-corrected chi connectivity index (χ2v) is 0.909. The van der Waals surface area contributed by atoms with Crippen LogP contribution in [0.15, 0.2) is 0 Å². The number of nitrogens with one attached hydrogen (secondary N) is 1. The Balaban J connectivity index is 3.26. The predicted octanol–water partition coefficient (Wildman–Crippen LogP) is -0.799. The van der Waals surface area contributed by atoms with Gasteiger partial charge in [0.05, 0.1) is 0 Å². The quantitative estimate of drug-likeness (QED) is 0.207. The lowest BCUT2D eigenvalue weighted by Gasteiger charge is -2.03. The number of rotatable bonds is 0. The van der Waals surface area contributed by atoms with E-state index in [1.807, 2.05) is 0 Å². The van der Waals surface area contributed by atoms with E-state index in [0.717, 1.165) is 0 Å². The summed E-state index contributed by atoms with van der Waals surface area (Å²) < 4.78 is 0. The van der Waals surface area contributed by atoms with E-state index in [2.05, 4.69) is 0 Å². The van der Waals surface area contributed by atoms with Gasteiger partial charge in [0.1, 0.15) is 0 Å². The van der Waals surface area contributed by atoms with E-state index in [-0.39, 0.29) is 5.96 Å². The van der Waals surface area contributed by atoms with Crippen molar-refractivity contribution in [2.45, 2.75) is 0 Å². The van der Waals surface area contributed by atoms with Gasteiger partial charge in [-0.2, -0.15) is 0 Å². The Morgan fingerprint density at radius 3 is 2.17 bits per heavy atom. The highest BCUT2D eigenvalue weighted by Gasteiger charge is 1.85. The van der Waals surface area contributed by atoms with E-state index in [4.69, 9.17) is 16.4 Å². The number of hydrogen-bond acceptors (Lipinski definition) is 2. The van der Waals surface area contributed by atoms with Crippen LogP contribution in [0.4, 0.5) is 0 Å². The molecule has 0 aromatic heterocycles. The smallest absolute Gasteiger partial charge is 0.212 e. The van der Waals surface area contributed by atoms with Crippen molar-refractivity contribution in [1.82, 2.24) is 5.06 Å². The van der Waals surface area contributed by atoms with Gasteiger partial charge in [-0.25, -0.2) is 5.06 Å². The molecule has 36 valence electrons. The summed E-state index contributed by atoms with van der Waals surface area (Å²) in [4.78, 5) is 0. The molecule has 0 aromatic carbocycles. The molecule has 0 atom stereocenters. The molecule has 0 fully saturated rings. The molecule has 4 N–H and O–H groups in total. The topological polar surface area (TPSA) is 73.3 Å². The Hall–Kier alpha value is -0.770. The Bertz CT molecular complexity index is 59.8. The molecule has 0 aliphatic rings. The van der Waals surface area contributed by atoms with Crippen molar-refractivity contribution >= 4 is 5.96 Å². The van der Waals surface area contributed by atoms with E-state index in [1.165, 1.54) is 7.05 Å². The lowest BCUT2D eigenvalue weighted by Crippen LogP contribution is -2.29. The molecule has 0 bridgehead atoms. The van der Waals surface area contributed by atoms with Crippen LogP contribution in [-0.4, -0.2) is 23.3 Å². The maximum absolute atomic E-state index is 8.11. The van der Waals surface area contributed by atoms with Crippen molar-refractivity contribution < 1.29 is 5.21 Å². The van der Waals surface area contributed by atoms with Crippen LogP contribution in [0, 0.1) is 5.41 Å². The zero-order chi connectivity index (χ0) is 5.15. The van der Waals surface area contributed by atoms with Gasteiger partial charge in [0.15, 0.2) is 0 Å². The Labute approximate surface area is 35.6 Å². The Kier molecular flexibility index (Phi) is 1.41. The highest BCUT2D eigenvalue weighted by Crippen LogP contribution is 1.61. The first-order chi connectivity index (χ1) is 2.64. The number of nitrogens with two attached hydrogens (primary N) is 1. The zero-order valence-electron chi connectivity index (χ0n) is 3.47. The fourth-order valence-corrected chi connectivity index (χ4v) is 0. The van der Waals surface area contributed by atoms with Crippen LogP contribution < -0.4 is 5.73 Å². The van der Waals surface area contributed by atoms with Crippen LogP contribution in [0.2, 0.25) is 0 Å². The van der Waals surface area contributed by atoms with E-state index in [1.54, 1.807) is 0 Å². The molecule has 4 heteroatoms. The summed E-state index contributed by atoms with van der Waals surface area (Å²) in [6.07, 6.45) is 0. The minimum absolute atomic E-state index is 0.352. The minimum atomic E-state index is -0.352. The first kappa shape index (κ1) is 5.23. The molecule has 0 unspecified atom stereocenters. The van der Waals surface area contributed by atoms with Gasteiger partial charge in [-0.1, -0.05) is 0 Å². The third kappa shape index (κ3) is 1.54. The summed E-state index contributed by atoms with van der Waals surface area (Å²) in [5.74, 6) is -0.352. The highest BCUT2D eigenvalue weighted by molar-refractivity contribution is 5.72. The van der Waals surface area contributed by atoms with Crippen LogP contribution in [0.1, 0.15) is 0 Å². The third-order valence-corrected chi connectivity index (χ3v) is 0.349. The van der Waals surface area contributed by atoms with Crippen LogP contribution in [0.25, 0.3) is 0 Å². The summed E-state index contributed by atoms with van der Waals surface area (Å²) in [6, 6.07) is 0. The lowest BCUT2D eigenvalue weighted by molar-refractivity contribution is 0.0110. The van der Waals surface area contributed by atoms with Crippen molar-refractivity contribution in [2.24, 2.45) is 5.73 Å². The van der Waals surface area contributed by atoms with E-state index >= 15 is 0 Å². The monoisotopic (exact) mass is 89.1 g/mol. The van der Waals surface area contributed by atoms with Gasteiger partial charge in [0.2, 0.25) is 5.96 Å². The maximum atomic E-state index is 8.11. The fourth-order valence-electron chi connectivity index (χ4n) is 0. The molecule has 4 nitrogen and oxygen atoms in total. The molecule has 0 aromatic rings. The van der Waals surface area contributed by atoms with Crippen LogP contribution in [0.5, 0.6) is 0 Å². The molecular formula is C2H7N3O. The summed E-state index contributed by atoms with van der Waals surface area (Å²) in [6.45, 7) is 0. The van der Waals surface area contributed by atoms with Crippen molar-refractivity contribution in [3.63, 3.8) is 0 Å². The maximum Gasteiger partial charge on any atom is 0.212 e. The van der Waals surface area contributed by atoms with Crippen molar-refractivity contribution in [2.75, 3.05) is 7.05 Å². The molecule has 0 rings (SSSR count). The van der Waals surface area contributed by atoms with Crippen LogP contribution in [-0.2, 0) is 0 Å². The van der Waals surface area contributed by atoms with Crippen molar-refractivity contribution in [3.8, 4) is 0 Å². The van der Waals surface area contributed by atoms with Gasteiger partial charge in [0, 0.05) is 7.05 Å². The van der Waals surface area contributed by atoms with Gasteiger partial charge in [-0.3, -0.25) is 10.6 Å². The average molecular weight is 89.1 g/mol. The minimum Gasteiger partial charge on any atom is -0.368 e. The van der Waals surface area contributed by atoms with Crippen molar-refractivity contribution in [1.29, 1.82) is 5.41 Å². The summed E-state index contributed by atoms with van der Waals surface area (Å²) in [5.41, 5.74) is 4.69. The van der Waals surface area contributed by atoms with Crippen LogP contribution in [0.3, 0.4) is 0 Å². The summed E-state index contributed by atoms with van der Waals surface area (Å²) in [7, 11) is 1.28. The van der Waals surface area contributed by atoms with Gasteiger partial charge < -0.3 is 5.73 Å². The number of nitrogens with zero attached hydrogens (tertiary/aromatic N) is 1. The molecule has 0 saturated carbocycles. The second-order valence-electron chi connectivity index (χ2n) is 0.909. The fraction of sp³-hybridized carbons (Fsp3) is 0.500. The highest BCUT2D eigenvalue weighted by atomic mass is 16.5. The summed E-state index contributed by atoms with van der Waals surface area (Å²) in [5, 5.41) is 15.0. The van der Waals surface area contributed by atoms with Crippen molar-refractivity contribution in [3.05, 3.63) is 0 Å². The normalized spacial score (nSPS) is 7.67. The van der Waals surface area contributed by atoms with Gasteiger partial charge in [-0.05, 0) is 0 Å². The molecule has 0 heterocycles. The zero-order valence-corrected chi connectivity index (χ0v) is 3.47. The Morgan fingerprint density at radius 1 is 2.00 bits per heavy atom. The second kappa shape index (κ2) is 1.61. The number of hydroxylamine groups is 2. The molecule has 0 aliphatic carbocycles. The molecule has 0 saturated heterocycles. The molecule has 0 radical (unpaired) electrons.